The van der Waals surface area contributed by atoms with Crippen molar-refractivity contribution in [2.45, 2.75) is 44.6 Å². The Labute approximate surface area is 119 Å². The molecule has 1 aromatic carbocycles. The van der Waals surface area contributed by atoms with Crippen LogP contribution in [0.5, 0.6) is 0 Å². The molecule has 0 N–H and O–H groups in total. The summed E-state index contributed by atoms with van der Waals surface area (Å²) in [5, 5.41) is 2.70. The third kappa shape index (κ3) is 4.85. The zero-order chi connectivity index (χ0) is 15.2. The average molecular weight is 297 g/mol. The van der Waals surface area contributed by atoms with Crippen molar-refractivity contribution in [2.24, 2.45) is 5.11 Å². The van der Waals surface area contributed by atoms with Gasteiger partial charge in [0.25, 0.3) is 10.1 Å². The van der Waals surface area contributed by atoms with Crippen LogP contribution in [0.25, 0.3) is 10.4 Å². The molecular weight excluding hydrogens is 278 g/mol. The zero-order valence-corrected chi connectivity index (χ0v) is 12.6. The van der Waals surface area contributed by atoms with Crippen molar-refractivity contribution >= 4 is 10.1 Å². The second-order valence-electron chi connectivity index (χ2n) is 4.83. The van der Waals surface area contributed by atoms with Crippen molar-refractivity contribution in [3.8, 4) is 0 Å². The maximum absolute atomic E-state index is 12.3. The Morgan fingerprint density at radius 1 is 1.25 bits per heavy atom. The maximum atomic E-state index is 12.3. The van der Waals surface area contributed by atoms with E-state index in [2.05, 4.69) is 10.0 Å². The number of azide groups is 1. The monoisotopic (exact) mass is 297 g/mol. The van der Waals surface area contributed by atoms with Crippen LogP contribution in [0.2, 0.25) is 0 Å². The predicted molar refractivity (Wildman–Crippen MR) is 77.5 cm³/mol. The van der Waals surface area contributed by atoms with Crippen LogP contribution >= 0.6 is 0 Å². The van der Waals surface area contributed by atoms with Gasteiger partial charge in [0.2, 0.25) is 0 Å². The Morgan fingerprint density at radius 3 is 2.35 bits per heavy atom. The standard InChI is InChI=1S/C13H19N3O3S/c1-10(2)19-20(17,18)13(9-11(3)15-16-14)12-7-5-4-6-8-12/h4-8,10-11,13H,9H2,1-3H3/t11-,13+/m0/s1. The Bertz CT molecular complexity index is 566. The van der Waals surface area contributed by atoms with Crippen molar-refractivity contribution in [3.05, 3.63) is 46.3 Å². The summed E-state index contributed by atoms with van der Waals surface area (Å²) in [7, 11) is -3.77. The highest BCUT2D eigenvalue weighted by molar-refractivity contribution is 7.87. The molecule has 0 aliphatic carbocycles. The van der Waals surface area contributed by atoms with Crippen LogP contribution in [-0.2, 0) is 14.3 Å². The summed E-state index contributed by atoms with van der Waals surface area (Å²) in [6.45, 7) is 5.01. The highest BCUT2D eigenvalue weighted by Gasteiger charge is 2.30. The van der Waals surface area contributed by atoms with Crippen molar-refractivity contribution < 1.29 is 12.6 Å². The molecule has 0 amide bonds. The molecule has 0 aromatic heterocycles. The van der Waals surface area contributed by atoms with E-state index in [1.807, 2.05) is 6.07 Å². The van der Waals surface area contributed by atoms with Gasteiger partial charge in [-0.3, -0.25) is 4.18 Å². The van der Waals surface area contributed by atoms with Crippen LogP contribution in [0.4, 0.5) is 0 Å². The molecule has 0 aliphatic heterocycles. The van der Waals surface area contributed by atoms with E-state index in [4.69, 9.17) is 9.71 Å². The van der Waals surface area contributed by atoms with Crippen molar-refractivity contribution in [3.63, 3.8) is 0 Å². The summed E-state index contributed by atoms with van der Waals surface area (Å²) in [5.74, 6) is 0. The minimum absolute atomic E-state index is 0.184. The highest BCUT2D eigenvalue weighted by Crippen LogP contribution is 2.30. The minimum Gasteiger partial charge on any atom is -0.267 e. The largest absolute Gasteiger partial charge is 0.274 e. The normalized spacial score (nSPS) is 14.6. The van der Waals surface area contributed by atoms with Crippen molar-refractivity contribution in [2.75, 3.05) is 0 Å². The number of nitrogens with zero attached hydrogens (tertiary/aromatic N) is 3. The lowest BCUT2D eigenvalue weighted by Crippen LogP contribution is -2.22. The third-order valence-corrected chi connectivity index (χ3v) is 4.47. The molecule has 0 spiro atoms. The lowest BCUT2D eigenvalue weighted by atomic mass is 10.1. The van der Waals surface area contributed by atoms with Gasteiger partial charge in [0, 0.05) is 11.0 Å². The molecule has 0 radical (unpaired) electrons. The lowest BCUT2D eigenvalue weighted by molar-refractivity contribution is 0.243. The fourth-order valence-corrected chi connectivity index (χ4v) is 3.54. The molecule has 0 aliphatic rings. The molecule has 6 nitrogen and oxygen atoms in total. The molecule has 0 saturated heterocycles. The molecule has 110 valence electrons. The minimum atomic E-state index is -3.77. The van der Waals surface area contributed by atoms with E-state index < -0.39 is 27.5 Å². The van der Waals surface area contributed by atoms with Crippen LogP contribution < -0.4 is 0 Å². The van der Waals surface area contributed by atoms with Gasteiger partial charge < -0.3 is 0 Å². The molecule has 0 saturated carbocycles. The topological polar surface area (TPSA) is 92.1 Å². The average Bonchev–Trinajstić information content (AvgIpc) is 2.35. The smallest absolute Gasteiger partial charge is 0.267 e. The van der Waals surface area contributed by atoms with E-state index in [1.54, 1.807) is 45.0 Å². The molecule has 20 heavy (non-hydrogen) atoms. The van der Waals surface area contributed by atoms with Gasteiger partial charge in [-0.05, 0) is 31.4 Å². The molecule has 1 rings (SSSR count). The Hall–Kier alpha value is -1.56. The summed E-state index contributed by atoms with van der Waals surface area (Å²) in [6.07, 6.45) is -0.246. The molecule has 0 bridgehead atoms. The van der Waals surface area contributed by atoms with Crippen LogP contribution in [0, 0.1) is 0 Å². The zero-order valence-electron chi connectivity index (χ0n) is 11.8. The fraction of sp³-hybridized carbons (Fsp3) is 0.538. The van der Waals surface area contributed by atoms with Gasteiger partial charge in [-0.15, -0.1) is 0 Å². The van der Waals surface area contributed by atoms with E-state index in [9.17, 15) is 8.42 Å². The number of rotatable bonds is 7. The first-order chi connectivity index (χ1) is 9.36. The lowest BCUT2D eigenvalue weighted by Gasteiger charge is -2.20. The van der Waals surface area contributed by atoms with Crippen molar-refractivity contribution in [1.82, 2.24) is 0 Å². The number of hydrogen-bond donors (Lipinski definition) is 0. The highest BCUT2D eigenvalue weighted by atomic mass is 32.2. The maximum Gasteiger partial charge on any atom is 0.274 e. The van der Waals surface area contributed by atoms with Gasteiger partial charge in [0.1, 0.15) is 5.25 Å². The molecule has 0 heterocycles. The SMILES string of the molecule is CC(C)OS(=O)(=O)[C@H](C[C@H](C)N=[N+]=[N-])c1ccccc1. The molecular formula is C13H19N3O3S. The number of benzene rings is 1. The summed E-state index contributed by atoms with van der Waals surface area (Å²) >= 11 is 0. The van der Waals surface area contributed by atoms with Crippen LogP contribution in [0.15, 0.2) is 35.4 Å². The van der Waals surface area contributed by atoms with E-state index in [0.29, 0.717) is 5.56 Å². The first-order valence-electron chi connectivity index (χ1n) is 6.38. The Kier molecular flexibility index (Phi) is 6.01. The van der Waals surface area contributed by atoms with Gasteiger partial charge >= 0.3 is 0 Å². The summed E-state index contributed by atoms with van der Waals surface area (Å²) in [5.41, 5.74) is 9.08. The first kappa shape index (κ1) is 16.5. The van der Waals surface area contributed by atoms with Gasteiger partial charge in [-0.25, -0.2) is 0 Å². The van der Waals surface area contributed by atoms with E-state index in [0.717, 1.165) is 0 Å². The Morgan fingerprint density at radius 2 is 1.85 bits per heavy atom. The molecule has 2 atom stereocenters. The van der Waals surface area contributed by atoms with E-state index >= 15 is 0 Å². The molecule has 0 unspecified atom stereocenters. The van der Waals surface area contributed by atoms with E-state index in [-0.39, 0.29) is 6.42 Å². The van der Waals surface area contributed by atoms with E-state index in [1.165, 1.54) is 0 Å². The molecule has 1 aromatic rings. The van der Waals surface area contributed by atoms with Crippen LogP contribution in [0.1, 0.15) is 38.0 Å². The van der Waals surface area contributed by atoms with Crippen LogP contribution in [-0.4, -0.2) is 20.6 Å². The van der Waals surface area contributed by atoms with Gasteiger partial charge in [-0.1, -0.05) is 42.4 Å². The summed E-state index contributed by atoms with van der Waals surface area (Å²) in [4.78, 5) is 2.71. The summed E-state index contributed by atoms with van der Waals surface area (Å²) in [6, 6.07) is 8.38. The Balaban J connectivity index is 3.11. The fourth-order valence-electron chi connectivity index (χ4n) is 1.87. The molecule has 7 heteroatoms. The number of hydrogen-bond acceptors (Lipinski definition) is 4. The summed E-state index contributed by atoms with van der Waals surface area (Å²) < 4.78 is 29.7. The third-order valence-electron chi connectivity index (χ3n) is 2.65. The van der Waals surface area contributed by atoms with Gasteiger partial charge in [0.05, 0.1) is 6.10 Å². The second kappa shape index (κ2) is 7.28. The van der Waals surface area contributed by atoms with Crippen molar-refractivity contribution in [1.29, 1.82) is 0 Å². The second-order valence-corrected chi connectivity index (χ2v) is 6.57. The quantitative estimate of drug-likeness (QED) is 0.333. The van der Waals surface area contributed by atoms with Gasteiger partial charge in [-0.2, -0.15) is 8.42 Å². The van der Waals surface area contributed by atoms with Gasteiger partial charge in [0.15, 0.2) is 0 Å². The van der Waals surface area contributed by atoms with Crippen LogP contribution in [0.3, 0.4) is 0 Å². The predicted octanol–water partition coefficient (Wildman–Crippen LogP) is 3.57. The molecule has 0 fully saturated rings. The first-order valence-corrected chi connectivity index (χ1v) is 7.85.